The number of hydrogen-bond acceptors (Lipinski definition) is 1. The van der Waals surface area contributed by atoms with Gasteiger partial charge in [-0.1, -0.05) is 26.8 Å². The molecule has 0 saturated heterocycles. The highest BCUT2D eigenvalue weighted by molar-refractivity contribution is 4.93. The Kier molecular flexibility index (Phi) is 6.60. The van der Waals surface area contributed by atoms with Crippen LogP contribution in [0.4, 0.5) is 0 Å². The molecule has 0 saturated carbocycles. The first-order valence-corrected chi connectivity index (χ1v) is 4.87. The fraction of sp³-hybridized carbons (Fsp3) is 0.727. The molecule has 0 rings (SSSR count). The Labute approximate surface area is 76.8 Å². The first-order valence-electron chi connectivity index (χ1n) is 4.87. The molecule has 0 aromatic heterocycles. The maximum absolute atomic E-state index is 3.67. The van der Waals surface area contributed by atoms with E-state index in [9.17, 15) is 0 Å². The molecule has 0 aromatic carbocycles. The van der Waals surface area contributed by atoms with Crippen LogP contribution in [-0.4, -0.2) is 18.0 Å². The van der Waals surface area contributed by atoms with E-state index < -0.39 is 0 Å². The minimum absolute atomic E-state index is 1.13. The first-order chi connectivity index (χ1) is 5.76. The normalized spacial score (nSPS) is 9.25. The quantitative estimate of drug-likeness (QED) is 0.549. The van der Waals surface area contributed by atoms with Crippen LogP contribution in [0.25, 0.3) is 0 Å². The molecule has 0 unspecified atom stereocenters. The van der Waals surface area contributed by atoms with Crippen LogP contribution in [0.1, 0.15) is 40.0 Å². The second-order valence-corrected chi connectivity index (χ2v) is 3.10. The van der Waals surface area contributed by atoms with E-state index in [0.29, 0.717) is 0 Å². The van der Waals surface area contributed by atoms with Gasteiger partial charge in [0, 0.05) is 13.1 Å². The summed E-state index contributed by atoms with van der Waals surface area (Å²) in [6, 6.07) is 0. The van der Waals surface area contributed by atoms with Crippen molar-refractivity contribution < 1.29 is 0 Å². The monoisotopic (exact) mass is 167 g/mol. The van der Waals surface area contributed by atoms with E-state index in [0.717, 1.165) is 13.1 Å². The molecule has 0 aliphatic rings. The zero-order valence-electron chi connectivity index (χ0n) is 8.69. The van der Waals surface area contributed by atoms with Gasteiger partial charge >= 0.3 is 0 Å². The maximum atomic E-state index is 3.67. The van der Waals surface area contributed by atoms with Crippen LogP contribution in [0, 0.1) is 0 Å². The summed E-state index contributed by atoms with van der Waals surface area (Å²) in [5.41, 5.74) is 4.14. The smallest absolute Gasteiger partial charge is 0.0526 e. The Morgan fingerprint density at radius 3 is 2.33 bits per heavy atom. The van der Waals surface area contributed by atoms with Crippen LogP contribution in [0.15, 0.2) is 18.0 Å². The summed E-state index contributed by atoms with van der Waals surface area (Å²) in [6.07, 6.45) is 3.71. The highest BCUT2D eigenvalue weighted by atomic mass is 15.1. The lowest BCUT2D eigenvalue weighted by atomic mass is 10.3. The van der Waals surface area contributed by atoms with Gasteiger partial charge in [0.25, 0.3) is 0 Å². The van der Waals surface area contributed by atoms with Crippen LogP contribution >= 0.6 is 0 Å². The van der Waals surface area contributed by atoms with Gasteiger partial charge in [0.05, 0.1) is 5.70 Å². The lowest BCUT2D eigenvalue weighted by Crippen LogP contribution is -2.23. The SMILES string of the molecule is C=C=C(C)N(CCC)CCCC. The third kappa shape index (κ3) is 4.25. The van der Waals surface area contributed by atoms with Crippen LogP contribution in [0.5, 0.6) is 0 Å². The van der Waals surface area contributed by atoms with Crippen LogP contribution in [0.2, 0.25) is 0 Å². The summed E-state index contributed by atoms with van der Waals surface area (Å²) in [4.78, 5) is 2.36. The van der Waals surface area contributed by atoms with Gasteiger partial charge in [-0.05, 0) is 19.8 Å². The Hall–Kier alpha value is -0.680. The summed E-state index contributed by atoms with van der Waals surface area (Å²) < 4.78 is 0. The highest BCUT2D eigenvalue weighted by Crippen LogP contribution is 2.04. The Bertz CT molecular complexity index is 154. The molecule has 1 nitrogen and oxygen atoms in total. The number of unbranched alkanes of at least 4 members (excludes halogenated alkanes) is 1. The largest absolute Gasteiger partial charge is 0.369 e. The summed E-state index contributed by atoms with van der Waals surface area (Å²) in [5, 5.41) is 0. The van der Waals surface area contributed by atoms with Gasteiger partial charge in [-0.15, -0.1) is 5.73 Å². The predicted octanol–water partition coefficient (Wildman–Crippen LogP) is 3.19. The van der Waals surface area contributed by atoms with Crippen molar-refractivity contribution >= 4 is 0 Å². The minimum Gasteiger partial charge on any atom is -0.369 e. The van der Waals surface area contributed by atoms with E-state index in [1.807, 2.05) is 0 Å². The van der Waals surface area contributed by atoms with Gasteiger partial charge in [0.1, 0.15) is 0 Å². The molecule has 0 amide bonds. The summed E-state index contributed by atoms with van der Waals surface area (Å²) in [6.45, 7) is 12.5. The first kappa shape index (κ1) is 11.3. The van der Waals surface area contributed by atoms with E-state index in [2.05, 4.69) is 38.0 Å². The van der Waals surface area contributed by atoms with Crippen LogP contribution in [-0.2, 0) is 0 Å². The molecule has 0 bridgehead atoms. The van der Waals surface area contributed by atoms with Crippen molar-refractivity contribution in [1.29, 1.82) is 0 Å². The van der Waals surface area contributed by atoms with E-state index in [4.69, 9.17) is 0 Å². The van der Waals surface area contributed by atoms with Crippen molar-refractivity contribution in [3.05, 3.63) is 18.0 Å². The molecule has 12 heavy (non-hydrogen) atoms. The summed E-state index contributed by atoms with van der Waals surface area (Å²) >= 11 is 0. The molecule has 0 aliphatic carbocycles. The number of hydrogen-bond donors (Lipinski definition) is 0. The molecule has 0 heterocycles. The van der Waals surface area contributed by atoms with E-state index in [-0.39, 0.29) is 0 Å². The number of nitrogens with zero attached hydrogens (tertiary/aromatic N) is 1. The van der Waals surface area contributed by atoms with Crippen molar-refractivity contribution in [3.8, 4) is 0 Å². The number of rotatable bonds is 6. The Morgan fingerprint density at radius 1 is 1.25 bits per heavy atom. The van der Waals surface area contributed by atoms with E-state index in [1.54, 1.807) is 0 Å². The van der Waals surface area contributed by atoms with Crippen molar-refractivity contribution in [3.63, 3.8) is 0 Å². The topological polar surface area (TPSA) is 3.24 Å². The maximum Gasteiger partial charge on any atom is 0.0526 e. The molecule has 0 aliphatic heterocycles. The lowest BCUT2D eigenvalue weighted by molar-refractivity contribution is 0.339. The van der Waals surface area contributed by atoms with Gasteiger partial charge in [-0.2, -0.15) is 0 Å². The average Bonchev–Trinajstić information content (AvgIpc) is 2.11. The fourth-order valence-electron chi connectivity index (χ4n) is 1.18. The summed E-state index contributed by atoms with van der Waals surface area (Å²) in [5.74, 6) is 0. The van der Waals surface area contributed by atoms with Gasteiger partial charge < -0.3 is 4.90 Å². The Balaban J connectivity index is 3.94. The summed E-state index contributed by atoms with van der Waals surface area (Å²) in [7, 11) is 0. The van der Waals surface area contributed by atoms with Gasteiger partial charge in [-0.3, -0.25) is 0 Å². The molecule has 1 heteroatoms. The molecular weight excluding hydrogens is 146 g/mol. The highest BCUT2D eigenvalue weighted by Gasteiger charge is 2.01. The van der Waals surface area contributed by atoms with E-state index >= 15 is 0 Å². The molecule has 0 N–H and O–H groups in total. The molecule has 0 atom stereocenters. The van der Waals surface area contributed by atoms with Crippen molar-refractivity contribution in [2.24, 2.45) is 0 Å². The van der Waals surface area contributed by atoms with Gasteiger partial charge in [0.2, 0.25) is 0 Å². The number of allylic oxidation sites excluding steroid dienone is 1. The second kappa shape index (κ2) is 7.00. The molecule has 0 radical (unpaired) electrons. The predicted molar refractivity (Wildman–Crippen MR) is 55.1 cm³/mol. The molecule has 70 valence electrons. The van der Waals surface area contributed by atoms with Crippen LogP contribution in [0.3, 0.4) is 0 Å². The van der Waals surface area contributed by atoms with Crippen LogP contribution < -0.4 is 0 Å². The average molecular weight is 167 g/mol. The third-order valence-corrected chi connectivity index (χ3v) is 2.01. The van der Waals surface area contributed by atoms with Crippen molar-refractivity contribution in [1.82, 2.24) is 4.90 Å². The Morgan fingerprint density at radius 2 is 1.92 bits per heavy atom. The van der Waals surface area contributed by atoms with Crippen molar-refractivity contribution in [2.75, 3.05) is 13.1 Å². The molecular formula is C11H21N. The zero-order valence-corrected chi connectivity index (χ0v) is 8.69. The molecule has 0 aromatic rings. The van der Waals surface area contributed by atoms with Gasteiger partial charge in [-0.25, -0.2) is 0 Å². The van der Waals surface area contributed by atoms with E-state index in [1.165, 1.54) is 25.0 Å². The zero-order chi connectivity index (χ0) is 9.40. The molecule has 0 fully saturated rings. The fourth-order valence-corrected chi connectivity index (χ4v) is 1.18. The van der Waals surface area contributed by atoms with Gasteiger partial charge in [0.15, 0.2) is 0 Å². The minimum atomic E-state index is 1.13. The molecule has 0 spiro atoms. The standard InChI is InChI=1S/C11H21N/c1-5-8-10-12(9-6-2)11(4)7-3/h3,5-6,8-10H2,1-2,4H3. The van der Waals surface area contributed by atoms with Crippen molar-refractivity contribution in [2.45, 2.75) is 40.0 Å². The second-order valence-electron chi connectivity index (χ2n) is 3.10. The lowest BCUT2D eigenvalue weighted by Gasteiger charge is -2.23. The third-order valence-electron chi connectivity index (χ3n) is 2.01.